The minimum Gasteiger partial charge on any atom is -0.459 e. The van der Waals surface area contributed by atoms with Crippen LogP contribution in [0.4, 0.5) is 0 Å². The van der Waals surface area contributed by atoms with Crippen molar-refractivity contribution in [2.45, 2.75) is 78.2 Å². The normalized spacial score (nSPS) is 11.2. The van der Waals surface area contributed by atoms with Crippen LogP contribution >= 0.6 is 0 Å². The van der Waals surface area contributed by atoms with E-state index in [0.29, 0.717) is 11.3 Å². The van der Waals surface area contributed by atoms with E-state index in [2.05, 4.69) is 19.1 Å². The summed E-state index contributed by atoms with van der Waals surface area (Å²) in [6, 6.07) is 22.9. The number of hydrogen-bond acceptors (Lipinski definition) is 4. The molecule has 0 amide bonds. The third-order valence-corrected chi connectivity index (χ3v) is 6.33. The second-order valence-electron chi connectivity index (χ2n) is 9.92. The van der Waals surface area contributed by atoms with E-state index in [-0.39, 0.29) is 12.1 Å². The van der Waals surface area contributed by atoms with Crippen LogP contribution in [0.1, 0.15) is 87.2 Å². The Bertz CT molecular complexity index is 1160. The Balaban J connectivity index is 1.44. The predicted molar refractivity (Wildman–Crippen MR) is 155 cm³/mol. The first-order valence-electron chi connectivity index (χ1n) is 13.8. The Morgan fingerprint density at radius 1 is 0.737 bits per heavy atom. The number of carbonyl (C=O) groups excluding carboxylic acids is 2. The van der Waals surface area contributed by atoms with Crippen molar-refractivity contribution in [2.75, 3.05) is 0 Å². The van der Waals surface area contributed by atoms with E-state index in [0.717, 1.165) is 23.1 Å². The van der Waals surface area contributed by atoms with Crippen molar-refractivity contribution in [1.29, 1.82) is 0 Å². The van der Waals surface area contributed by atoms with Crippen LogP contribution in [0.3, 0.4) is 0 Å². The number of esters is 2. The zero-order valence-electron chi connectivity index (χ0n) is 23.0. The summed E-state index contributed by atoms with van der Waals surface area (Å²) in [5, 5.41) is 0. The van der Waals surface area contributed by atoms with Crippen LogP contribution < -0.4 is 4.74 Å². The van der Waals surface area contributed by atoms with E-state index in [1.165, 1.54) is 56.6 Å². The van der Waals surface area contributed by atoms with Gasteiger partial charge in [-0.2, -0.15) is 0 Å². The molecule has 200 valence electrons. The highest BCUT2D eigenvalue weighted by molar-refractivity contribution is 5.90. The molecule has 3 aromatic carbocycles. The molecular weight excluding hydrogens is 472 g/mol. The van der Waals surface area contributed by atoms with Gasteiger partial charge in [-0.15, -0.1) is 0 Å². The maximum Gasteiger partial charge on any atom is 0.338 e. The first kappa shape index (κ1) is 28.9. The predicted octanol–water partition coefficient (Wildman–Crippen LogP) is 8.83. The molecule has 3 rings (SSSR count). The summed E-state index contributed by atoms with van der Waals surface area (Å²) < 4.78 is 10.7. The van der Waals surface area contributed by atoms with Crippen molar-refractivity contribution < 1.29 is 19.1 Å². The van der Waals surface area contributed by atoms with Crippen molar-refractivity contribution in [3.8, 4) is 16.9 Å². The van der Waals surface area contributed by atoms with Gasteiger partial charge in [0, 0.05) is 6.08 Å². The lowest BCUT2D eigenvalue weighted by Crippen LogP contribution is -2.11. The number of hydrogen-bond donors (Lipinski definition) is 0. The first-order valence-corrected chi connectivity index (χ1v) is 13.8. The van der Waals surface area contributed by atoms with Crippen molar-refractivity contribution in [1.82, 2.24) is 0 Å². The average molecular weight is 513 g/mol. The number of ether oxygens (including phenoxy) is 2. The molecule has 0 aromatic heterocycles. The van der Waals surface area contributed by atoms with Crippen LogP contribution in [-0.2, 0) is 16.0 Å². The lowest BCUT2D eigenvalue weighted by atomic mass is 10.0. The van der Waals surface area contributed by atoms with E-state index in [4.69, 9.17) is 9.47 Å². The zero-order chi connectivity index (χ0) is 27.2. The van der Waals surface area contributed by atoms with Crippen LogP contribution in [0.2, 0.25) is 0 Å². The van der Waals surface area contributed by atoms with Crippen LogP contribution in [0.25, 0.3) is 17.2 Å². The Morgan fingerprint density at radius 3 is 1.92 bits per heavy atom. The molecule has 0 unspecified atom stereocenters. The topological polar surface area (TPSA) is 52.6 Å². The molecular formula is C34H40O4. The van der Waals surface area contributed by atoms with E-state index in [9.17, 15) is 9.59 Å². The molecule has 4 heteroatoms. The molecule has 0 fully saturated rings. The van der Waals surface area contributed by atoms with Gasteiger partial charge in [0.15, 0.2) is 0 Å². The number of rotatable bonds is 14. The molecule has 0 saturated carbocycles. The SMILES string of the molecule is CCCCCCCCCc1ccc(/C=C/C(=O)Oc2ccc(-c3ccc(C(=O)OC(C)C)cc3)cc2)cc1. The van der Waals surface area contributed by atoms with Gasteiger partial charge in [-0.25, -0.2) is 9.59 Å². The molecule has 0 saturated heterocycles. The molecule has 38 heavy (non-hydrogen) atoms. The van der Waals surface area contributed by atoms with Gasteiger partial charge in [-0.3, -0.25) is 0 Å². The van der Waals surface area contributed by atoms with E-state index < -0.39 is 5.97 Å². The van der Waals surface area contributed by atoms with Gasteiger partial charge in [0.1, 0.15) is 5.75 Å². The third-order valence-electron chi connectivity index (χ3n) is 6.33. The van der Waals surface area contributed by atoms with Crippen molar-refractivity contribution >= 4 is 18.0 Å². The maximum absolute atomic E-state index is 12.3. The number of benzene rings is 3. The lowest BCUT2D eigenvalue weighted by Gasteiger charge is -2.09. The fraction of sp³-hybridized carbons (Fsp3) is 0.353. The van der Waals surface area contributed by atoms with E-state index in [1.54, 1.807) is 30.3 Å². The molecule has 0 heterocycles. The standard InChI is InChI=1S/C34H40O4/c1-4-5-6-7-8-9-10-11-27-12-14-28(15-13-27)16-25-33(35)38-32-23-21-30(22-24-32)29-17-19-31(20-18-29)34(36)37-26(2)3/h12-26H,4-11H2,1-3H3/b25-16+. The molecule has 0 atom stereocenters. The number of unbranched alkanes of at least 4 members (excludes halogenated alkanes) is 6. The molecule has 4 nitrogen and oxygen atoms in total. The highest BCUT2D eigenvalue weighted by Gasteiger charge is 2.09. The second-order valence-corrected chi connectivity index (χ2v) is 9.92. The average Bonchev–Trinajstić information content (AvgIpc) is 2.92. The molecule has 0 radical (unpaired) electrons. The smallest absolute Gasteiger partial charge is 0.338 e. The summed E-state index contributed by atoms with van der Waals surface area (Å²) in [4.78, 5) is 24.3. The van der Waals surface area contributed by atoms with Gasteiger partial charge in [-0.1, -0.05) is 94.0 Å². The molecule has 3 aromatic rings. The second kappa shape index (κ2) is 15.6. The van der Waals surface area contributed by atoms with Gasteiger partial charge in [0.25, 0.3) is 0 Å². The van der Waals surface area contributed by atoms with Crippen LogP contribution in [0, 0.1) is 0 Å². The van der Waals surface area contributed by atoms with Crippen LogP contribution in [0.15, 0.2) is 78.9 Å². The number of aryl methyl sites for hydroxylation is 1. The van der Waals surface area contributed by atoms with Gasteiger partial charge in [-0.05, 0) is 79.3 Å². The molecule has 0 spiro atoms. The summed E-state index contributed by atoms with van der Waals surface area (Å²) in [6.45, 7) is 5.90. The Kier molecular flexibility index (Phi) is 11.8. The van der Waals surface area contributed by atoms with Crippen LogP contribution in [0.5, 0.6) is 5.75 Å². The zero-order valence-corrected chi connectivity index (χ0v) is 23.0. The molecule has 0 aliphatic rings. The van der Waals surface area contributed by atoms with Gasteiger partial charge >= 0.3 is 11.9 Å². The van der Waals surface area contributed by atoms with Crippen molar-refractivity contribution in [3.05, 3.63) is 95.6 Å². The van der Waals surface area contributed by atoms with Crippen molar-refractivity contribution in [3.63, 3.8) is 0 Å². The minimum atomic E-state index is -0.419. The fourth-order valence-electron chi connectivity index (χ4n) is 4.19. The van der Waals surface area contributed by atoms with Gasteiger partial charge in [0.05, 0.1) is 11.7 Å². The highest BCUT2D eigenvalue weighted by atomic mass is 16.5. The van der Waals surface area contributed by atoms with E-state index in [1.807, 2.05) is 50.2 Å². The lowest BCUT2D eigenvalue weighted by molar-refractivity contribution is -0.128. The first-order chi connectivity index (χ1) is 18.4. The summed E-state index contributed by atoms with van der Waals surface area (Å²) in [6.07, 6.45) is 13.4. The minimum absolute atomic E-state index is 0.155. The quantitative estimate of drug-likeness (QED) is 0.0937. The van der Waals surface area contributed by atoms with E-state index >= 15 is 0 Å². The van der Waals surface area contributed by atoms with Crippen LogP contribution in [-0.4, -0.2) is 18.0 Å². The summed E-state index contributed by atoms with van der Waals surface area (Å²) in [5.41, 5.74) is 4.74. The Morgan fingerprint density at radius 2 is 1.32 bits per heavy atom. The van der Waals surface area contributed by atoms with Gasteiger partial charge < -0.3 is 9.47 Å². The molecule has 0 aliphatic carbocycles. The Hall–Kier alpha value is -3.66. The van der Waals surface area contributed by atoms with Crippen molar-refractivity contribution in [2.24, 2.45) is 0 Å². The monoisotopic (exact) mass is 512 g/mol. The van der Waals surface area contributed by atoms with Gasteiger partial charge in [0.2, 0.25) is 0 Å². The third kappa shape index (κ3) is 10.0. The molecule has 0 N–H and O–H groups in total. The summed E-state index contributed by atoms with van der Waals surface area (Å²) in [7, 11) is 0. The Labute approximate surface area is 227 Å². The molecule has 0 bridgehead atoms. The summed E-state index contributed by atoms with van der Waals surface area (Å²) >= 11 is 0. The number of carbonyl (C=O) groups is 2. The largest absolute Gasteiger partial charge is 0.459 e. The maximum atomic E-state index is 12.3. The molecule has 0 aliphatic heterocycles. The fourth-order valence-corrected chi connectivity index (χ4v) is 4.19. The summed E-state index contributed by atoms with van der Waals surface area (Å²) in [5.74, 6) is -0.273. The highest BCUT2D eigenvalue weighted by Crippen LogP contribution is 2.23.